The Hall–Kier alpha value is -0.810. The molecule has 2 heterocycles. The molecule has 0 aromatic heterocycles. The van der Waals surface area contributed by atoms with E-state index in [1.54, 1.807) is 4.90 Å². The molecule has 0 radical (unpaired) electrons. The number of carbonyl (C=O) groups is 1. The molecule has 158 valence electrons. The van der Waals surface area contributed by atoms with Crippen LogP contribution in [0, 0.1) is 5.92 Å². The summed E-state index contributed by atoms with van der Waals surface area (Å²) in [5, 5.41) is 6.76. The van der Waals surface area contributed by atoms with Crippen molar-refractivity contribution >= 4 is 36.0 Å². The van der Waals surface area contributed by atoms with Gasteiger partial charge in [-0.25, -0.2) is 4.79 Å². The Morgan fingerprint density at radius 1 is 1.30 bits per heavy atom. The number of ether oxygens (including phenoxy) is 3. The van der Waals surface area contributed by atoms with Crippen molar-refractivity contribution in [3.05, 3.63) is 0 Å². The van der Waals surface area contributed by atoms with E-state index in [1.165, 1.54) is 7.11 Å². The molecule has 0 saturated carbocycles. The van der Waals surface area contributed by atoms with Gasteiger partial charge in [0.15, 0.2) is 5.96 Å². The van der Waals surface area contributed by atoms with E-state index in [0.717, 1.165) is 71.2 Å². The van der Waals surface area contributed by atoms with Gasteiger partial charge in [0.1, 0.15) is 0 Å². The lowest BCUT2D eigenvalue weighted by atomic mass is 10.1. The summed E-state index contributed by atoms with van der Waals surface area (Å²) in [5.41, 5.74) is 0. The second-order valence-electron chi connectivity index (χ2n) is 6.79. The molecule has 2 saturated heterocycles. The van der Waals surface area contributed by atoms with Crippen molar-refractivity contribution in [2.75, 3.05) is 59.7 Å². The highest BCUT2D eigenvalue weighted by molar-refractivity contribution is 14.0. The first-order valence-corrected chi connectivity index (χ1v) is 9.76. The van der Waals surface area contributed by atoms with Gasteiger partial charge in [0.25, 0.3) is 0 Å². The summed E-state index contributed by atoms with van der Waals surface area (Å²) in [7, 11) is 1.42. The lowest BCUT2D eigenvalue weighted by Gasteiger charge is -2.32. The van der Waals surface area contributed by atoms with Crippen molar-refractivity contribution < 1.29 is 19.0 Å². The number of amides is 1. The van der Waals surface area contributed by atoms with Crippen LogP contribution in [0.3, 0.4) is 0 Å². The molecule has 1 atom stereocenters. The molecule has 0 aliphatic carbocycles. The van der Waals surface area contributed by atoms with Crippen LogP contribution < -0.4 is 10.6 Å². The van der Waals surface area contributed by atoms with E-state index in [0.29, 0.717) is 25.0 Å². The van der Waals surface area contributed by atoms with Gasteiger partial charge in [-0.3, -0.25) is 4.99 Å². The van der Waals surface area contributed by atoms with Crippen molar-refractivity contribution in [2.24, 2.45) is 10.9 Å². The Balaban J connectivity index is 0.00000364. The molecule has 2 N–H and O–H groups in total. The lowest BCUT2D eigenvalue weighted by Crippen LogP contribution is -2.49. The zero-order valence-corrected chi connectivity index (χ0v) is 18.9. The molecule has 2 fully saturated rings. The molecule has 9 heteroatoms. The number of rotatable bonds is 8. The number of likely N-dealkylation sites (tertiary alicyclic amines) is 1. The van der Waals surface area contributed by atoms with E-state index in [9.17, 15) is 4.79 Å². The summed E-state index contributed by atoms with van der Waals surface area (Å²) in [6.07, 6.45) is 3.57. The Morgan fingerprint density at radius 2 is 2.07 bits per heavy atom. The van der Waals surface area contributed by atoms with Crippen molar-refractivity contribution in [1.82, 2.24) is 15.5 Å². The van der Waals surface area contributed by atoms with Crippen molar-refractivity contribution in [1.29, 1.82) is 0 Å². The van der Waals surface area contributed by atoms with Gasteiger partial charge >= 0.3 is 6.09 Å². The van der Waals surface area contributed by atoms with Crippen LogP contribution in [0.4, 0.5) is 4.79 Å². The van der Waals surface area contributed by atoms with E-state index >= 15 is 0 Å². The summed E-state index contributed by atoms with van der Waals surface area (Å²) in [5.74, 6) is 1.40. The fraction of sp³-hybridized carbons (Fsp3) is 0.889. The van der Waals surface area contributed by atoms with Gasteiger partial charge in [0.05, 0.1) is 20.3 Å². The number of guanidine groups is 1. The second kappa shape index (κ2) is 14.2. The number of methoxy groups -OCH3 is 1. The van der Waals surface area contributed by atoms with Crippen LogP contribution in [0.15, 0.2) is 4.99 Å². The highest BCUT2D eigenvalue weighted by Gasteiger charge is 2.23. The van der Waals surface area contributed by atoms with Crippen LogP contribution in [0.25, 0.3) is 0 Å². The first kappa shape index (κ1) is 24.2. The molecular weight excluding hydrogens is 463 g/mol. The predicted molar refractivity (Wildman–Crippen MR) is 116 cm³/mol. The molecule has 1 amide bonds. The number of nitrogens with zero attached hydrogens (tertiary/aromatic N) is 2. The lowest BCUT2D eigenvalue weighted by molar-refractivity contribution is 0.0893. The van der Waals surface area contributed by atoms with Gasteiger partial charge in [0, 0.05) is 51.4 Å². The quantitative estimate of drug-likeness (QED) is 0.230. The van der Waals surface area contributed by atoms with Gasteiger partial charge in [-0.1, -0.05) is 0 Å². The van der Waals surface area contributed by atoms with Gasteiger partial charge in [0.2, 0.25) is 0 Å². The smallest absolute Gasteiger partial charge is 0.409 e. The average molecular weight is 498 g/mol. The maximum absolute atomic E-state index is 11.5. The molecule has 2 rings (SSSR count). The average Bonchev–Trinajstić information content (AvgIpc) is 3.18. The van der Waals surface area contributed by atoms with Gasteiger partial charge in [-0.15, -0.1) is 24.0 Å². The van der Waals surface area contributed by atoms with Gasteiger partial charge < -0.3 is 29.7 Å². The first-order chi connectivity index (χ1) is 12.7. The third-order valence-corrected chi connectivity index (χ3v) is 4.71. The fourth-order valence-electron chi connectivity index (χ4n) is 3.17. The molecule has 0 spiro atoms. The van der Waals surface area contributed by atoms with Crippen LogP contribution in [0.2, 0.25) is 0 Å². The molecule has 0 aromatic rings. The highest BCUT2D eigenvalue weighted by atomic mass is 127. The number of hydrogen-bond acceptors (Lipinski definition) is 5. The minimum atomic E-state index is -0.242. The van der Waals surface area contributed by atoms with E-state index in [1.807, 2.05) is 0 Å². The number of carbonyl (C=O) groups excluding carboxylic acids is 1. The van der Waals surface area contributed by atoms with Crippen LogP contribution in [0.5, 0.6) is 0 Å². The van der Waals surface area contributed by atoms with Gasteiger partial charge in [-0.05, 0) is 32.6 Å². The number of halogens is 1. The number of nitrogens with one attached hydrogen (secondary N) is 2. The Labute approximate surface area is 179 Å². The highest BCUT2D eigenvalue weighted by Crippen LogP contribution is 2.12. The maximum Gasteiger partial charge on any atom is 0.409 e. The zero-order chi connectivity index (χ0) is 18.6. The largest absolute Gasteiger partial charge is 0.453 e. The summed E-state index contributed by atoms with van der Waals surface area (Å²) < 4.78 is 15.8. The standard InChI is InChI=1S/C18H34N4O4.HI/c1-3-19-17(20-8-4-11-25-13-15-7-12-26-14-15)21-16-5-9-22(10-6-16)18(23)24-2;/h15-16H,3-14H2,1-2H3,(H2,19,20,21);1H. The Bertz CT molecular complexity index is 439. The number of aliphatic imine (C=N–C) groups is 1. The molecule has 2 aliphatic heterocycles. The van der Waals surface area contributed by atoms with Gasteiger partial charge in [-0.2, -0.15) is 0 Å². The van der Waals surface area contributed by atoms with Crippen LogP contribution >= 0.6 is 24.0 Å². The van der Waals surface area contributed by atoms with Crippen molar-refractivity contribution in [3.8, 4) is 0 Å². The third-order valence-electron chi connectivity index (χ3n) is 4.71. The normalized spacial score (nSPS) is 20.9. The van der Waals surface area contributed by atoms with E-state index in [4.69, 9.17) is 14.2 Å². The van der Waals surface area contributed by atoms with Crippen LogP contribution in [-0.4, -0.2) is 82.7 Å². The maximum atomic E-state index is 11.5. The molecule has 1 unspecified atom stereocenters. The third kappa shape index (κ3) is 9.29. The van der Waals surface area contributed by atoms with E-state index in [2.05, 4.69) is 22.5 Å². The molecule has 0 bridgehead atoms. The summed E-state index contributed by atoms with van der Waals surface area (Å²) in [4.78, 5) is 17.9. The number of hydrogen-bond donors (Lipinski definition) is 2. The Morgan fingerprint density at radius 3 is 2.70 bits per heavy atom. The predicted octanol–water partition coefficient (Wildman–Crippen LogP) is 1.83. The van der Waals surface area contributed by atoms with Crippen molar-refractivity contribution in [2.45, 2.75) is 38.6 Å². The topological polar surface area (TPSA) is 84.4 Å². The van der Waals surface area contributed by atoms with Crippen molar-refractivity contribution in [3.63, 3.8) is 0 Å². The molecule has 0 aromatic carbocycles. The minimum Gasteiger partial charge on any atom is -0.453 e. The first-order valence-electron chi connectivity index (χ1n) is 9.76. The van der Waals surface area contributed by atoms with E-state index in [-0.39, 0.29) is 30.1 Å². The monoisotopic (exact) mass is 498 g/mol. The van der Waals surface area contributed by atoms with Crippen LogP contribution in [0.1, 0.15) is 32.6 Å². The Kier molecular flexibility index (Phi) is 12.8. The SMILES string of the molecule is CCNC(=NCCCOCC1CCOC1)NC1CCN(C(=O)OC)CC1.I. The fourth-order valence-corrected chi connectivity index (χ4v) is 3.17. The van der Waals surface area contributed by atoms with E-state index < -0.39 is 0 Å². The zero-order valence-electron chi connectivity index (χ0n) is 16.6. The molecule has 2 aliphatic rings. The molecular formula is C18H35IN4O4. The van der Waals surface area contributed by atoms with Crippen LogP contribution in [-0.2, 0) is 14.2 Å². The second-order valence-corrected chi connectivity index (χ2v) is 6.79. The molecule has 27 heavy (non-hydrogen) atoms. The summed E-state index contributed by atoms with van der Waals surface area (Å²) in [6, 6.07) is 0.326. The number of piperidine rings is 1. The molecule has 8 nitrogen and oxygen atoms in total. The summed E-state index contributed by atoms with van der Waals surface area (Å²) >= 11 is 0. The minimum absolute atomic E-state index is 0. The summed E-state index contributed by atoms with van der Waals surface area (Å²) in [6.45, 7) is 8.27.